The average Bonchev–Trinajstić information content (AvgIpc) is 2.87. The fourth-order valence-corrected chi connectivity index (χ4v) is 2.16. The van der Waals surface area contributed by atoms with Gasteiger partial charge in [-0.15, -0.1) is 0 Å². The average molecular weight is 286 g/mol. The van der Waals surface area contributed by atoms with Gasteiger partial charge >= 0.3 is 0 Å². The van der Waals surface area contributed by atoms with Crippen molar-refractivity contribution < 1.29 is 9.90 Å². The summed E-state index contributed by atoms with van der Waals surface area (Å²) in [5.41, 5.74) is 1.70. The van der Waals surface area contributed by atoms with E-state index in [0.29, 0.717) is 17.1 Å². The molecule has 1 amide bonds. The van der Waals surface area contributed by atoms with E-state index < -0.39 is 0 Å². The summed E-state index contributed by atoms with van der Waals surface area (Å²) in [6.45, 7) is 2.02. The quantitative estimate of drug-likeness (QED) is 0.852. The number of aromatic nitrogens is 1. The lowest BCUT2D eigenvalue weighted by Crippen LogP contribution is -2.11. The molecule has 0 fully saturated rings. The third kappa shape index (κ3) is 3.92. The number of benzene rings is 1. The first-order valence-electron chi connectivity index (χ1n) is 6.12. The van der Waals surface area contributed by atoms with Gasteiger partial charge in [0.25, 0.3) is 5.91 Å². The van der Waals surface area contributed by atoms with Gasteiger partial charge in [0.2, 0.25) is 0 Å². The van der Waals surface area contributed by atoms with Crippen LogP contribution in [0.2, 0.25) is 0 Å². The molecular formula is C15H14N2O2S. The van der Waals surface area contributed by atoms with E-state index in [4.69, 9.17) is 5.11 Å². The van der Waals surface area contributed by atoms with Crippen LogP contribution in [-0.4, -0.2) is 22.6 Å². The summed E-state index contributed by atoms with van der Waals surface area (Å²) < 4.78 is 0. The Bertz CT molecular complexity index is 651. The molecule has 0 bridgehead atoms. The predicted octanol–water partition coefficient (Wildman–Crippen LogP) is 2.44. The summed E-state index contributed by atoms with van der Waals surface area (Å²) in [5.74, 6) is 5.51. The number of carbonyl (C=O) groups is 1. The lowest BCUT2D eigenvalue weighted by atomic mass is 10.1. The second kappa shape index (κ2) is 6.85. The van der Waals surface area contributed by atoms with Gasteiger partial charge < -0.3 is 5.11 Å². The minimum Gasteiger partial charge on any atom is -0.395 e. The van der Waals surface area contributed by atoms with E-state index in [-0.39, 0.29) is 12.5 Å². The first-order chi connectivity index (χ1) is 9.69. The molecule has 0 unspecified atom stereocenters. The molecule has 0 aliphatic rings. The van der Waals surface area contributed by atoms with Gasteiger partial charge in [-0.1, -0.05) is 40.9 Å². The van der Waals surface area contributed by atoms with Crippen molar-refractivity contribution in [1.29, 1.82) is 0 Å². The fourth-order valence-electron chi connectivity index (χ4n) is 1.47. The minimum atomic E-state index is -0.186. The van der Waals surface area contributed by atoms with Crippen LogP contribution in [0, 0.1) is 18.8 Å². The Morgan fingerprint density at radius 1 is 1.40 bits per heavy atom. The maximum absolute atomic E-state index is 12.0. The van der Waals surface area contributed by atoms with Crippen molar-refractivity contribution >= 4 is 22.4 Å². The molecule has 4 nitrogen and oxygen atoms in total. The number of hydrogen-bond acceptors (Lipinski definition) is 4. The normalized spacial score (nSPS) is 9.70. The molecule has 0 saturated heterocycles. The van der Waals surface area contributed by atoms with Crippen LogP contribution in [0.4, 0.5) is 5.13 Å². The van der Waals surface area contributed by atoms with Crippen LogP contribution in [0.1, 0.15) is 27.2 Å². The molecule has 0 radical (unpaired) electrons. The van der Waals surface area contributed by atoms with E-state index >= 15 is 0 Å². The van der Waals surface area contributed by atoms with Crippen LogP contribution in [0.15, 0.2) is 30.5 Å². The Kier molecular flexibility index (Phi) is 4.88. The van der Waals surface area contributed by atoms with Crippen molar-refractivity contribution in [3.05, 3.63) is 46.5 Å². The van der Waals surface area contributed by atoms with Gasteiger partial charge in [0.05, 0.1) is 17.7 Å². The molecule has 102 valence electrons. The van der Waals surface area contributed by atoms with E-state index in [1.165, 1.54) is 11.3 Å². The monoisotopic (exact) mass is 286 g/mol. The third-order valence-electron chi connectivity index (χ3n) is 2.49. The highest BCUT2D eigenvalue weighted by Gasteiger charge is 2.08. The zero-order valence-corrected chi connectivity index (χ0v) is 11.8. The van der Waals surface area contributed by atoms with Gasteiger partial charge in [-0.3, -0.25) is 10.1 Å². The highest BCUT2D eigenvalue weighted by atomic mass is 32.1. The first-order valence-corrected chi connectivity index (χ1v) is 6.94. The van der Waals surface area contributed by atoms with E-state index in [1.54, 1.807) is 18.3 Å². The van der Waals surface area contributed by atoms with Gasteiger partial charge in [-0.05, 0) is 19.1 Å². The number of thiazole rings is 1. The topological polar surface area (TPSA) is 62.2 Å². The predicted molar refractivity (Wildman–Crippen MR) is 79.8 cm³/mol. The standard InChI is InChI=1S/C15H14N2O2S/c1-11-5-7-12(8-6-11)14(19)17-15-16-10-13(20-15)4-2-3-9-18/h5-8,10,18H,3,9H2,1H3,(H,16,17,19). The summed E-state index contributed by atoms with van der Waals surface area (Å²) in [7, 11) is 0. The second-order valence-corrected chi connectivity index (χ2v) is 5.16. The van der Waals surface area contributed by atoms with Gasteiger partial charge in [-0.2, -0.15) is 0 Å². The third-order valence-corrected chi connectivity index (χ3v) is 3.32. The van der Waals surface area contributed by atoms with Gasteiger partial charge in [-0.25, -0.2) is 4.98 Å². The number of carbonyl (C=O) groups excluding carboxylic acids is 1. The number of rotatable bonds is 3. The fraction of sp³-hybridized carbons (Fsp3) is 0.200. The van der Waals surface area contributed by atoms with E-state index in [9.17, 15) is 4.79 Å². The highest BCUT2D eigenvalue weighted by Crippen LogP contribution is 2.18. The maximum Gasteiger partial charge on any atom is 0.257 e. The number of aliphatic hydroxyl groups excluding tert-OH is 1. The Morgan fingerprint density at radius 3 is 2.85 bits per heavy atom. The highest BCUT2D eigenvalue weighted by molar-refractivity contribution is 7.16. The molecule has 0 atom stereocenters. The zero-order chi connectivity index (χ0) is 14.4. The smallest absolute Gasteiger partial charge is 0.257 e. The molecule has 20 heavy (non-hydrogen) atoms. The maximum atomic E-state index is 12.0. The van der Waals surface area contributed by atoms with E-state index in [1.807, 2.05) is 19.1 Å². The first kappa shape index (κ1) is 14.3. The molecule has 2 N–H and O–H groups in total. The van der Waals surface area contributed by atoms with Crippen LogP contribution in [0.3, 0.4) is 0 Å². The van der Waals surface area contributed by atoms with Crippen molar-refractivity contribution in [3.8, 4) is 11.8 Å². The molecule has 0 aliphatic carbocycles. The molecular weight excluding hydrogens is 272 g/mol. The van der Waals surface area contributed by atoms with Crippen LogP contribution in [0.5, 0.6) is 0 Å². The van der Waals surface area contributed by atoms with E-state index in [2.05, 4.69) is 22.1 Å². The van der Waals surface area contributed by atoms with Crippen molar-refractivity contribution in [3.63, 3.8) is 0 Å². The van der Waals surface area contributed by atoms with Gasteiger partial charge in [0.1, 0.15) is 0 Å². The summed E-state index contributed by atoms with van der Waals surface area (Å²) in [4.78, 5) is 16.8. The second-order valence-electron chi connectivity index (χ2n) is 4.13. The number of nitrogens with one attached hydrogen (secondary N) is 1. The number of anilines is 1. The van der Waals surface area contributed by atoms with Crippen molar-refractivity contribution in [2.45, 2.75) is 13.3 Å². The Balaban J connectivity index is 2.02. The number of amides is 1. The molecule has 5 heteroatoms. The molecule has 2 aromatic rings. The molecule has 2 rings (SSSR count). The van der Waals surface area contributed by atoms with Gasteiger partial charge in [0, 0.05) is 12.0 Å². The lowest BCUT2D eigenvalue weighted by molar-refractivity contribution is 0.102. The van der Waals surface area contributed by atoms with Crippen LogP contribution >= 0.6 is 11.3 Å². The Labute approximate surface area is 121 Å². The Hall–Kier alpha value is -2.16. The summed E-state index contributed by atoms with van der Waals surface area (Å²) in [6.07, 6.45) is 2.04. The van der Waals surface area contributed by atoms with Crippen LogP contribution in [0.25, 0.3) is 0 Å². The molecule has 0 saturated carbocycles. The summed E-state index contributed by atoms with van der Waals surface area (Å²) >= 11 is 1.31. The SMILES string of the molecule is Cc1ccc(C(=O)Nc2ncc(C#CCCO)s2)cc1. The Morgan fingerprint density at radius 2 is 2.15 bits per heavy atom. The summed E-state index contributed by atoms with van der Waals surface area (Å²) in [5, 5.41) is 11.9. The van der Waals surface area contributed by atoms with Crippen molar-refractivity contribution in [2.75, 3.05) is 11.9 Å². The molecule has 1 heterocycles. The van der Waals surface area contributed by atoms with Crippen molar-refractivity contribution in [2.24, 2.45) is 0 Å². The number of aryl methyl sites for hydroxylation is 1. The van der Waals surface area contributed by atoms with Gasteiger partial charge in [0.15, 0.2) is 5.13 Å². The van der Waals surface area contributed by atoms with Crippen LogP contribution in [-0.2, 0) is 0 Å². The summed E-state index contributed by atoms with van der Waals surface area (Å²) in [6, 6.07) is 7.34. The van der Waals surface area contributed by atoms with Crippen LogP contribution < -0.4 is 5.32 Å². The largest absolute Gasteiger partial charge is 0.395 e. The zero-order valence-electron chi connectivity index (χ0n) is 11.0. The molecule has 1 aromatic heterocycles. The minimum absolute atomic E-state index is 0.0445. The number of hydrogen-bond donors (Lipinski definition) is 2. The molecule has 1 aromatic carbocycles. The molecule has 0 aliphatic heterocycles. The number of nitrogens with zero attached hydrogens (tertiary/aromatic N) is 1. The molecule has 0 spiro atoms. The van der Waals surface area contributed by atoms with Crippen molar-refractivity contribution in [1.82, 2.24) is 4.98 Å². The van der Waals surface area contributed by atoms with E-state index in [0.717, 1.165) is 10.4 Å². The number of aliphatic hydroxyl groups is 1. The lowest BCUT2D eigenvalue weighted by Gasteiger charge is -2.01.